The maximum Gasteiger partial charge on any atom is 0.359 e. The van der Waals surface area contributed by atoms with Crippen LogP contribution in [-0.2, 0) is 33.8 Å². The van der Waals surface area contributed by atoms with E-state index in [9.17, 15) is 14.4 Å². The molecular weight excluding hydrogens is 400 g/mol. The molecule has 1 aromatic carbocycles. The number of ether oxygens (including phenoxy) is 2. The fourth-order valence-electron chi connectivity index (χ4n) is 4.11. The van der Waals surface area contributed by atoms with E-state index in [1.54, 1.807) is 18.9 Å². The van der Waals surface area contributed by atoms with Gasteiger partial charge in [-0.3, -0.25) is 14.3 Å². The number of carbonyl (C=O) groups excluding carboxylic acids is 3. The van der Waals surface area contributed by atoms with Crippen LogP contribution in [-0.4, -0.2) is 59.3 Å². The van der Waals surface area contributed by atoms with Crippen LogP contribution in [0.1, 0.15) is 40.7 Å². The first-order chi connectivity index (χ1) is 15.0. The Labute approximate surface area is 180 Å². The lowest BCUT2D eigenvalue weighted by Gasteiger charge is -2.29. The molecule has 2 aliphatic rings. The van der Waals surface area contributed by atoms with E-state index in [2.05, 4.69) is 10.4 Å². The van der Waals surface area contributed by atoms with Gasteiger partial charge >= 0.3 is 5.97 Å². The van der Waals surface area contributed by atoms with Crippen LogP contribution in [0.2, 0.25) is 0 Å². The van der Waals surface area contributed by atoms with Crippen molar-refractivity contribution in [1.82, 2.24) is 20.0 Å². The first-order valence-electron chi connectivity index (χ1n) is 10.4. The van der Waals surface area contributed by atoms with E-state index in [0.717, 1.165) is 22.6 Å². The Morgan fingerprint density at radius 3 is 2.68 bits per heavy atom. The Bertz CT molecular complexity index is 998. The summed E-state index contributed by atoms with van der Waals surface area (Å²) in [6, 6.07) is 7.68. The zero-order valence-electron chi connectivity index (χ0n) is 17.7. The summed E-state index contributed by atoms with van der Waals surface area (Å²) in [7, 11) is 1.62. The Balaban J connectivity index is 1.60. The lowest BCUT2D eigenvalue weighted by Crippen LogP contribution is -2.41. The number of aromatic nitrogens is 2. The van der Waals surface area contributed by atoms with E-state index in [1.807, 2.05) is 28.9 Å². The Morgan fingerprint density at radius 2 is 2.03 bits per heavy atom. The lowest BCUT2D eigenvalue weighted by atomic mass is 10.0. The number of rotatable bonds is 6. The van der Waals surface area contributed by atoms with Gasteiger partial charge in [-0.25, -0.2) is 4.79 Å². The Kier molecular flexibility index (Phi) is 5.92. The van der Waals surface area contributed by atoms with E-state index in [4.69, 9.17) is 9.47 Å². The molecule has 0 spiro atoms. The molecule has 31 heavy (non-hydrogen) atoms. The van der Waals surface area contributed by atoms with Crippen LogP contribution in [0.4, 0.5) is 0 Å². The highest BCUT2D eigenvalue weighted by molar-refractivity contribution is 5.91. The molecule has 0 bridgehead atoms. The first-order valence-corrected chi connectivity index (χ1v) is 10.4. The summed E-state index contributed by atoms with van der Waals surface area (Å²) in [5, 5.41) is 7.27. The van der Waals surface area contributed by atoms with E-state index < -0.39 is 5.97 Å². The van der Waals surface area contributed by atoms with Crippen molar-refractivity contribution in [2.24, 2.45) is 5.92 Å². The van der Waals surface area contributed by atoms with Crippen molar-refractivity contribution < 1.29 is 23.9 Å². The Hall–Kier alpha value is -3.36. The molecule has 9 heteroatoms. The fourth-order valence-corrected chi connectivity index (χ4v) is 4.11. The standard InChI is InChI=1S/C22H26N4O5/c1-3-31-22(29)20-17-13-25(21(28)15-10-19(27)23-11-15)9-8-18(17)26(24-20)12-14-4-6-16(30-2)7-5-14/h4-7,15H,3,8-13H2,1-2H3,(H,23,27). The second-order valence-corrected chi connectivity index (χ2v) is 7.71. The van der Waals surface area contributed by atoms with Crippen LogP contribution < -0.4 is 10.1 Å². The molecule has 0 aliphatic carbocycles. The van der Waals surface area contributed by atoms with Crippen LogP contribution in [0.15, 0.2) is 24.3 Å². The molecule has 1 saturated heterocycles. The summed E-state index contributed by atoms with van der Waals surface area (Å²) < 4.78 is 12.2. The van der Waals surface area contributed by atoms with Crippen LogP contribution in [0.5, 0.6) is 5.75 Å². The molecule has 164 valence electrons. The van der Waals surface area contributed by atoms with Gasteiger partial charge in [0.15, 0.2) is 5.69 Å². The number of hydrogen-bond donors (Lipinski definition) is 1. The average molecular weight is 426 g/mol. The van der Waals surface area contributed by atoms with Gasteiger partial charge in [0.25, 0.3) is 0 Å². The molecule has 4 rings (SSSR count). The number of carbonyl (C=O) groups is 3. The number of amides is 2. The van der Waals surface area contributed by atoms with Crippen molar-refractivity contribution >= 4 is 17.8 Å². The van der Waals surface area contributed by atoms with Crippen LogP contribution in [0.25, 0.3) is 0 Å². The van der Waals surface area contributed by atoms with Gasteiger partial charge in [0.05, 0.1) is 26.2 Å². The topological polar surface area (TPSA) is 103 Å². The first kappa shape index (κ1) is 20.9. The smallest absolute Gasteiger partial charge is 0.359 e. The molecule has 3 heterocycles. The number of benzene rings is 1. The molecule has 2 aromatic rings. The predicted octanol–water partition coefficient (Wildman–Crippen LogP) is 1.14. The van der Waals surface area contributed by atoms with Gasteiger partial charge in [-0.1, -0.05) is 12.1 Å². The molecule has 0 radical (unpaired) electrons. The third-order valence-corrected chi connectivity index (χ3v) is 5.73. The van der Waals surface area contributed by atoms with Crippen molar-refractivity contribution in [3.63, 3.8) is 0 Å². The summed E-state index contributed by atoms with van der Waals surface area (Å²) in [6.07, 6.45) is 0.793. The zero-order chi connectivity index (χ0) is 22.0. The number of hydrogen-bond acceptors (Lipinski definition) is 6. The third-order valence-electron chi connectivity index (χ3n) is 5.73. The number of esters is 1. The minimum atomic E-state index is -0.487. The number of fused-ring (bicyclic) bond motifs is 1. The highest BCUT2D eigenvalue weighted by Gasteiger charge is 2.35. The molecule has 1 N–H and O–H groups in total. The van der Waals surface area contributed by atoms with Gasteiger partial charge < -0.3 is 19.7 Å². The molecule has 2 aliphatic heterocycles. The molecule has 1 atom stereocenters. The van der Waals surface area contributed by atoms with E-state index in [1.165, 1.54) is 0 Å². The van der Waals surface area contributed by atoms with Crippen molar-refractivity contribution in [3.8, 4) is 5.75 Å². The Morgan fingerprint density at radius 1 is 1.26 bits per heavy atom. The van der Waals surface area contributed by atoms with Crippen molar-refractivity contribution in [2.45, 2.75) is 32.9 Å². The van der Waals surface area contributed by atoms with Gasteiger partial charge in [0.1, 0.15) is 5.75 Å². The maximum atomic E-state index is 12.9. The van der Waals surface area contributed by atoms with Gasteiger partial charge in [-0.15, -0.1) is 0 Å². The van der Waals surface area contributed by atoms with E-state index >= 15 is 0 Å². The third kappa shape index (κ3) is 4.26. The molecule has 1 aromatic heterocycles. The maximum absolute atomic E-state index is 12.9. The molecule has 1 fully saturated rings. The van der Waals surface area contributed by atoms with Crippen LogP contribution in [0, 0.1) is 5.92 Å². The van der Waals surface area contributed by atoms with Gasteiger partial charge in [0, 0.05) is 43.7 Å². The number of methoxy groups -OCH3 is 1. The van der Waals surface area contributed by atoms with E-state index in [-0.39, 0.29) is 43.0 Å². The van der Waals surface area contributed by atoms with Gasteiger partial charge in [-0.05, 0) is 24.6 Å². The van der Waals surface area contributed by atoms with Crippen LogP contribution in [0.3, 0.4) is 0 Å². The van der Waals surface area contributed by atoms with Crippen molar-refractivity contribution in [2.75, 3.05) is 26.8 Å². The molecule has 2 amide bonds. The second-order valence-electron chi connectivity index (χ2n) is 7.71. The summed E-state index contributed by atoms with van der Waals surface area (Å²) in [6.45, 7) is 3.67. The van der Waals surface area contributed by atoms with E-state index in [0.29, 0.717) is 26.1 Å². The number of nitrogens with one attached hydrogen (secondary N) is 1. The fraction of sp³-hybridized carbons (Fsp3) is 0.455. The summed E-state index contributed by atoms with van der Waals surface area (Å²) >= 11 is 0. The van der Waals surface area contributed by atoms with Crippen molar-refractivity contribution in [1.29, 1.82) is 0 Å². The molecule has 0 saturated carbocycles. The van der Waals surface area contributed by atoms with Gasteiger partial charge in [0.2, 0.25) is 11.8 Å². The minimum absolute atomic E-state index is 0.0679. The molecular formula is C22H26N4O5. The normalized spacial score (nSPS) is 17.8. The summed E-state index contributed by atoms with van der Waals surface area (Å²) in [4.78, 5) is 38.7. The van der Waals surface area contributed by atoms with Gasteiger partial charge in [-0.2, -0.15) is 5.10 Å². The van der Waals surface area contributed by atoms with Crippen molar-refractivity contribution in [3.05, 3.63) is 46.8 Å². The largest absolute Gasteiger partial charge is 0.497 e. The monoisotopic (exact) mass is 426 g/mol. The van der Waals surface area contributed by atoms with Crippen LogP contribution >= 0.6 is 0 Å². The highest BCUT2D eigenvalue weighted by Crippen LogP contribution is 2.26. The molecule has 9 nitrogen and oxygen atoms in total. The zero-order valence-corrected chi connectivity index (χ0v) is 17.7. The SMILES string of the molecule is CCOC(=O)c1nn(Cc2ccc(OC)cc2)c2c1CN(C(=O)C1CNC(=O)C1)CC2. The number of nitrogens with zero attached hydrogens (tertiary/aromatic N) is 3. The minimum Gasteiger partial charge on any atom is -0.497 e. The summed E-state index contributed by atoms with van der Waals surface area (Å²) in [5.74, 6) is -0.238. The lowest BCUT2D eigenvalue weighted by molar-refractivity contribution is -0.136. The quantitative estimate of drug-likeness (QED) is 0.695. The molecule has 1 unspecified atom stereocenters. The average Bonchev–Trinajstić information content (AvgIpc) is 3.37. The second kappa shape index (κ2) is 8.79. The predicted molar refractivity (Wildman–Crippen MR) is 111 cm³/mol. The highest BCUT2D eigenvalue weighted by atomic mass is 16.5. The summed E-state index contributed by atoms with van der Waals surface area (Å²) in [5.41, 5.74) is 2.94.